The highest BCUT2D eigenvalue weighted by Crippen LogP contribution is 2.34. The molecule has 24 heavy (non-hydrogen) atoms. The van der Waals surface area contributed by atoms with Crippen molar-refractivity contribution in [2.45, 2.75) is 46.5 Å². The molecule has 0 saturated carbocycles. The van der Waals surface area contributed by atoms with Gasteiger partial charge in [0.1, 0.15) is 6.33 Å². The normalized spacial score (nSPS) is 18.7. The van der Waals surface area contributed by atoms with Crippen molar-refractivity contribution in [2.24, 2.45) is 5.41 Å². The SMILES string of the molecule is Cc1cc(-c2cncnc2[C@H]2CCCN(C(=O)C(C)(C)C)C2)on1. The van der Waals surface area contributed by atoms with Crippen molar-refractivity contribution in [3.63, 3.8) is 0 Å². The lowest BCUT2D eigenvalue weighted by Crippen LogP contribution is -2.44. The monoisotopic (exact) mass is 328 g/mol. The highest BCUT2D eigenvalue weighted by molar-refractivity contribution is 5.81. The van der Waals surface area contributed by atoms with Crippen LogP contribution in [0.3, 0.4) is 0 Å². The molecule has 3 rings (SSSR count). The third kappa shape index (κ3) is 3.32. The predicted molar refractivity (Wildman–Crippen MR) is 90.3 cm³/mol. The fraction of sp³-hybridized carbons (Fsp3) is 0.556. The van der Waals surface area contributed by atoms with E-state index in [1.807, 2.05) is 38.7 Å². The van der Waals surface area contributed by atoms with E-state index in [-0.39, 0.29) is 17.2 Å². The lowest BCUT2D eigenvalue weighted by atomic mass is 9.88. The van der Waals surface area contributed by atoms with Crippen LogP contribution in [0.4, 0.5) is 0 Å². The van der Waals surface area contributed by atoms with Crippen LogP contribution in [0.2, 0.25) is 0 Å². The largest absolute Gasteiger partial charge is 0.356 e. The molecule has 1 fully saturated rings. The van der Waals surface area contributed by atoms with Crippen LogP contribution >= 0.6 is 0 Å². The van der Waals surface area contributed by atoms with Crippen LogP contribution in [0.5, 0.6) is 0 Å². The first-order chi connectivity index (χ1) is 11.4. The Kier molecular flexibility index (Phi) is 4.39. The molecule has 0 unspecified atom stereocenters. The molecule has 128 valence electrons. The first-order valence-electron chi connectivity index (χ1n) is 8.39. The van der Waals surface area contributed by atoms with Crippen LogP contribution in [0.1, 0.15) is 50.9 Å². The molecule has 0 N–H and O–H groups in total. The van der Waals surface area contributed by atoms with Gasteiger partial charge < -0.3 is 9.42 Å². The van der Waals surface area contributed by atoms with Gasteiger partial charge in [0.15, 0.2) is 5.76 Å². The fourth-order valence-electron chi connectivity index (χ4n) is 3.20. The fourth-order valence-corrected chi connectivity index (χ4v) is 3.20. The van der Waals surface area contributed by atoms with Gasteiger partial charge in [0.25, 0.3) is 0 Å². The maximum absolute atomic E-state index is 12.6. The number of hydrogen-bond donors (Lipinski definition) is 0. The third-order valence-electron chi connectivity index (χ3n) is 4.37. The molecule has 0 radical (unpaired) electrons. The maximum Gasteiger partial charge on any atom is 0.227 e. The zero-order chi connectivity index (χ0) is 17.3. The number of aryl methyl sites for hydroxylation is 1. The average molecular weight is 328 g/mol. The van der Waals surface area contributed by atoms with Crippen molar-refractivity contribution in [2.75, 3.05) is 13.1 Å². The highest BCUT2D eigenvalue weighted by atomic mass is 16.5. The molecule has 6 nitrogen and oxygen atoms in total. The van der Waals surface area contributed by atoms with Gasteiger partial charge in [-0.15, -0.1) is 0 Å². The lowest BCUT2D eigenvalue weighted by Gasteiger charge is -2.36. The van der Waals surface area contributed by atoms with Gasteiger partial charge in [0.05, 0.1) is 17.0 Å². The van der Waals surface area contributed by atoms with E-state index in [2.05, 4.69) is 15.1 Å². The van der Waals surface area contributed by atoms with Crippen molar-refractivity contribution in [1.29, 1.82) is 0 Å². The molecule has 0 bridgehead atoms. The van der Waals surface area contributed by atoms with Crippen molar-refractivity contribution < 1.29 is 9.32 Å². The number of carbonyl (C=O) groups is 1. The number of piperidine rings is 1. The summed E-state index contributed by atoms with van der Waals surface area (Å²) in [6.07, 6.45) is 5.32. The molecule has 0 aromatic carbocycles. The summed E-state index contributed by atoms with van der Waals surface area (Å²) >= 11 is 0. The predicted octanol–water partition coefficient (Wildman–Crippen LogP) is 3.19. The molecule has 1 atom stereocenters. The van der Waals surface area contributed by atoms with Crippen molar-refractivity contribution in [3.05, 3.63) is 30.0 Å². The number of likely N-dealkylation sites (tertiary alicyclic amines) is 1. The van der Waals surface area contributed by atoms with Crippen molar-refractivity contribution >= 4 is 5.91 Å². The van der Waals surface area contributed by atoms with E-state index in [4.69, 9.17) is 4.52 Å². The molecule has 3 heterocycles. The topological polar surface area (TPSA) is 72.1 Å². The summed E-state index contributed by atoms with van der Waals surface area (Å²) in [7, 11) is 0. The Labute approximate surface area is 142 Å². The Hall–Kier alpha value is -2.24. The van der Waals surface area contributed by atoms with Gasteiger partial charge in [-0.3, -0.25) is 4.79 Å². The first-order valence-corrected chi connectivity index (χ1v) is 8.39. The van der Waals surface area contributed by atoms with E-state index in [1.165, 1.54) is 0 Å². The molecule has 1 aliphatic rings. The van der Waals surface area contributed by atoms with Gasteiger partial charge >= 0.3 is 0 Å². The molecule has 1 amide bonds. The van der Waals surface area contributed by atoms with Crippen molar-refractivity contribution in [1.82, 2.24) is 20.0 Å². The molecule has 0 spiro atoms. The van der Waals surface area contributed by atoms with E-state index < -0.39 is 0 Å². The molecule has 0 aliphatic carbocycles. The minimum atomic E-state index is -0.363. The van der Waals surface area contributed by atoms with E-state index in [0.29, 0.717) is 12.3 Å². The number of aromatic nitrogens is 3. The van der Waals surface area contributed by atoms with E-state index in [0.717, 1.165) is 36.3 Å². The van der Waals surface area contributed by atoms with Crippen LogP contribution in [-0.2, 0) is 4.79 Å². The summed E-state index contributed by atoms with van der Waals surface area (Å²) in [5.74, 6) is 1.06. The maximum atomic E-state index is 12.6. The lowest BCUT2D eigenvalue weighted by molar-refractivity contribution is -0.140. The number of carbonyl (C=O) groups excluding carboxylic acids is 1. The molecule has 2 aromatic heterocycles. The van der Waals surface area contributed by atoms with E-state index in [9.17, 15) is 4.79 Å². The van der Waals surface area contributed by atoms with E-state index in [1.54, 1.807) is 12.5 Å². The van der Waals surface area contributed by atoms with Crippen LogP contribution < -0.4 is 0 Å². The number of amides is 1. The molecule has 1 saturated heterocycles. The number of nitrogens with zero attached hydrogens (tertiary/aromatic N) is 4. The average Bonchev–Trinajstić information content (AvgIpc) is 3.00. The molecular weight excluding hydrogens is 304 g/mol. The zero-order valence-electron chi connectivity index (χ0n) is 14.7. The number of rotatable bonds is 2. The van der Waals surface area contributed by atoms with Gasteiger partial charge in [0.2, 0.25) is 5.91 Å². The summed E-state index contributed by atoms with van der Waals surface area (Å²) in [4.78, 5) is 23.2. The minimum absolute atomic E-state index is 0.188. The Balaban J connectivity index is 1.88. The molecule has 6 heteroatoms. The minimum Gasteiger partial charge on any atom is -0.356 e. The third-order valence-corrected chi connectivity index (χ3v) is 4.37. The van der Waals surface area contributed by atoms with E-state index >= 15 is 0 Å². The molecule has 2 aromatic rings. The summed E-state index contributed by atoms with van der Waals surface area (Å²) in [6.45, 7) is 9.29. The smallest absolute Gasteiger partial charge is 0.227 e. The van der Waals surface area contributed by atoms with Gasteiger partial charge in [-0.2, -0.15) is 0 Å². The Morgan fingerprint density at radius 1 is 1.38 bits per heavy atom. The summed E-state index contributed by atoms with van der Waals surface area (Å²) in [5, 5.41) is 3.96. The first kappa shape index (κ1) is 16.6. The second-order valence-corrected chi connectivity index (χ2v) is 7.49. The Morgan fingerprint density at radius 2 is 2.17 bits per heavy atom. The summed E-state index contributed by atoms with van der Waals surface area (Å²) in [5.41, 5.74) is 2.27. The second kappa shape index (κ2) is 6.34. The standard InChI is InChI=1S/C18H24N4O2/c1-12-8-15(24-21-12)14-9-19-11-20-16(14)13-6-5-7-22(10-13)17(23)18(2,3)4/h8-9,11,13H,5-7,10H2,1-4H3/t13-/m0/s1. The van der Waals surface area contributed by atoms with Crippen LogP contribution in [0.25, 0.3) is 11.3 Å². The molecule has 1 aliphatic heterocycles. The van der Waals surface area contributed by atoms with Crippen LogP contribution in [0, 0.1) is 12.3 Å². The number of hydrogen-bond acceptors (Lipinski definition) is 5. The quantitative estimate of drug-likeness (QED) is 0.846. The highest BCUT2D eigenvalue weighted by Gasteiger charge is 2.33. The Bertz CT molecular complexity index is 733. The van der Waals surface area contributed by atoms with Gasteiger partial charge in [0, 0.05) is 36.7 Å². The van der Waals surface area contributed by atoms with Gasteiger partial charge in [-0.1, -0.05) is 25.9 Å². The van der Waals surface area contributed by atoms with Gasteiger partial charge in [-0.25, -0.2) is 9.97 Å². The summed E-state index contributed by atoms with van der Waals surface area (Å²) in [6, 6.07) is 1.89. The van der Waals surface area contributed by atoms with Crippen LogP contribution in [0.15, 0.2) is 23.1 Å². The van der Waals surface area contributed by atoms with Crippen LogP contribution in [-0.4, -0.2) is 39.0 Å². The summed E-state index contributed by atoms with van der Waals surface area (Å²) < 4.78 is 5.40. The Morgan fingerprint density at radius 3 is 2.83 bits per heavy atom. The second-order valence-electron chi connectivity index (χ2n) is 7.49. The molecular formula is C18H24N4O2. The van der Waals surface area contributed by atoms with Gasteiger partial charge in [-0.05, 0) is 19.8 Å². The van der Waals surface area contributed by atoms with Crippen molar-refractivity contribution in [3.8, 4) is 11.3 Å². The zero-order valence-corrected chi connectivity index (χ0v) is 14.7.